The van der Waals surface area contributed by atoms with Gasteiger partial charge in [-0.3, -0.25) is 9.69 Å². The second-order valence-corrected chi connectivity index (χ2v) is 7.44. The number of hydrogen-bond donors (Lipinski definition) is 1. The fraction of sp³-hybridized carbons (Fsp3) is 0.435. The van der Waals surface area contributed by atoms with Gasteiger partial charge in [0.15, 0.2) is 0 Å². The smallest absolute Gasteiger partial charge is 0.237 e. The Balaban J connectivity index is 1.55. The minimum absolute atomic E-state index is 0.0571. The molecule has 1 heterocycles. The van der Waals surface area contributed by atoms with Crippen LogP contribution in [-0.2, 0) is 4.79 Å². The maximum atomic E-state index is 13.1. The van der Waals surface area contributed by atoms with Crippen molar-refractivity contribution in [2.24, 2.45) is 0 Å². The summed E-state index contributed by atoms with van der Waals surface area (Å²) in [6.45, 7) is 7.42. The summed E-state index contributed by atoms with van der Waals surface area (Å²) in [7, 11) is 0. The fourth-order valence-electron chi connectivity index (χ4n) is 3.77. The molecular weight excluding hydrogens is 353 g/mol. The Morgan fingerprint density at radius 1 is 1.04 bits per heavy atom. The van der Waals surface area contributed by atoms with Crippen LogP contribution in [0.15, 0.2) is 54.6 Å². The average Bonchev–Trinajstić information content (AvgIpc) is 2.74. The molecule has 0 bridgehead atoms. The van der Waals surface area contributed by atoms with E-state index in [0.29, 0.717) is 0 Å². The van der Waals surface area contributed by atoms with Crippen LogP contribution in [0, 0.1) is 5.82 Å². The SMILES string of the molecule is CCC[C@H](NC(=O)[C@@H](C)N1CCN(c2ccc(F)cc2)CC1)c1ccccc1. The van der Waals surface area contributed by atoms with Crippen molar-refractivity contribution in [3.8, 4) is 0 Å². The van der Waals surface area contributed by atoms with Gasteiger partial charge < -0.3 is 10.2 Å². The van der Waals surface area contributed by atoms with Gasteiger partial charge in [0.25, 0.3) is 0 Å². The third kappa shape index (κ3) is 5.10. The second-order valence-electron chi connectivity index (χ2n) is 7.44. The van der Waals surface area contributed by atoms with Gasteiger partial charge >= 0.3 is 0 Å². The van der Waals surface area contributed by atoms with E-state index in [1.165, 1.54) is 12.1 Å². The first kappa shape index (κ1) is 20.3. The average molecular weight is 384 g/mol. The molecule has 1 fully saturated rings. The van der Waals surface area contributed by atoms with Gasteiger partial charge in [-0.25, -0.2) is 4.39 Å². The lowest BCUT2D eigenvalue weighted by Gasteiger charge is -2.39. The first-order valence-corrected chi connectivity index (χ1v) is 10.2. The Hall–Kier alpha value is -2.40. The zero-order valence-corrected chi connectivity index (χ0v) is 16.8. The lowest BCUT2D eigenvalue weighted by molar-refractivity contribution is -0.126. The summed E-state index contributed by atoms with van der Waals surface area (Å²) < 4.78 is 13.1. The molecule has 0 unspecified atom stereocenters. The number of hydrogen-bond acceptors (Lipinski definition) is 3. The highest BCUT2D eigenvalue weighted by Gasteiger charge is 2.27. The van der Waals surface area contributed by atoms with Gasteiger partial charge in [0.2, 0.25) is 5.91 Å². The third-order valence-electron chi connectivity index (χ3n) is 5.53. The van der Waals surface area contributed by atoms with E-state index in [4.69, 9.17) is 0 Å². The molecule has 150 valence electrons. The normalized spacial score (nSPS) is 17.2. The molecule has 2 atom stereocenters. The molecule has 28 heavy (non-hydrogen) atoms. The van der Waals surface area contributed by atoms with Crippen molar-refractivity contribution in [1.29, 1.82) is 0 Å². The number of halogens is 1. The lowest BCUT2D eigenvalue weighted by Crippen LogP contribution is -2.54. The van der Waals surface area contributed by atoms with Crippen molar-refractivity contribution in [2.75, 3.05) is 31.1 Å². The van der Waals surface area contributed by atoms with Crippen LogP contribution in [0.3, 0.4) is 0 Å². The van der Waals surface area contributed by atoms with Crippen LogP contribution in [0.25, 0.3) is 0 Å². The van der Waals surface area contributed by atoms with Gasteiger partial charge in [-0.1, -0.05) is 43.7 Å². The largest absolute Gasteiger partial charge is 0.369 e. The summed E-state index contributed by atoms with van der Waals surface area (Å²) in [6, 6.07) is 16.7. The summed E-state index contributed by atoms with van der Waals surface area (Å²) in [5.41, 5.74) is 2.19. The number of nitrogens with zero attached hydrogens (tertiary/aromatic N) is 2. The molecule has 1 saturated heterocycles. The minimum atomic E-state index is -0.215. The molecule has 1 amide bonds. The molecule has 1 N–H and O–H groups in total. The number of nitrogens with one attached hydrogen (secondary N) is 1. The molecule has 0 spiro atoms. The lowest BCUT2D eigenvalue weighted by atomic mass is 10.0. The molecular formula is C23H30FN3O. The molecule has 0 aromatic heterocycles. The number of benzene rings is 2. The van der Waals surface area contributed by atoms with E-state index in [1.54, 1.807) is 0 Å². The highest BCUT2D eigenvalue weighted by atomic mass is 19.1. The predicted octanol–water partition coefficient (Wildman–Crippen LogP) is 3.99. The first-order valence-electron chi connectivity index (χ1n) is 10.2. The van der Waals surface area contributed by atoms with E-state index >= 15 is 0 Å². The Bertz CT molecular complexity index is 742. The zero-order chi connectivity index (χ0) is 19.9. The molecule has 0 aliphatic carbocycles. The third-order valence-corrected chi connectivity index (χ3v) is 5.53. The maximum Gasteiger partial charge on any atom is 0.237 e. The van der Waals surface area contributed by atoms with Gasteiger partial charge in [-0.05, 0) is 43.2 Å². The van der Waals surface area contributed by atoms with Crippen LogP contribution in [0.4, 0.5) is 10.1 Å². The van der Waals surface area contributed by atoms with E-state index in [2.05, 4.69) is 34.2 Å². The van der Waals surface area contributed by atoms with Crippen molar-refractivity contribution in [3.63, 3.8) is 0 Å². The Morgan fingerprint density at radius 3 is 2.29 bits per heavy atom. The van der Waals surface area contributed by atoms with Crippen molar-refractivity contribution >= 4 is 11.6 Å². The molecule has 0 saturated carbocycles. The van der Waals surface area contributed by atoms with E-state index < -0.39 is 0 Å². The summed E-state index contributed by atoms with van der Waals surface area (Å²) in [5, 5.41) is 3.24. The number of carbonyl (C=O) groups is 1. The van der Waals surface area contributed by atoms with Crippen LogP contribution in [0.2, 0.25) is 0 Å². The highest BCUT2D eigenvalue weighted by molar-refractivity contribution is 5.81. The van der Waals surface area contributed by atoms with Crippen molar-refractivity contribution in [3.05, 3.63) is 66.0 Å². The van der Waals surface area contributed by atoms with E-state index in [1.807, 2.05) is 37.3 Å². The molecule has 0 radical (unpaired) electrons. The summed E-state index contributed by atoms with van der Waals surface area (Å²) in [6.07, 6.45) is 1.95. The molecule has 4 nitrogen and oxygen atoms in total. The van der Waals surface area contributed by atoms with E-state index in [9.17, 15) is 9.18 Å². The standard InChI is InChI=1S/C23H30FN3O/c1-3-7-22(19-8-5-4-6-9-19)25-23(28)18(2)26-14-16-27(17-15-26)21-12-10-20(24)11-13-21/h4-6,8-13,18,22H,3,7,14-17H2,1-2H3,(H,25,28)/t18-,22+/m1/s1. The van der Waals surface area contributed by atoms with Gasteiger partial charge in [-0.15, -0.1) is 0 Å². The minimum Gasteiger partial charge on any atom is -0.369 e. The number of piperazine rings is 1. The molecule has 3 rings (SSSR count). The Morgan fingerprint density at radius 2 is 1.68 bits per heavy atom. The number of carbonyl (C=O) groups excluding carboxylic acids is 1. The van der Waals surface area contributed by atoms with Crippen molar-refractivity contribution in [1.82, 2.24) is 10.2 Å². The van der Waals surface area contributed by atoms with Crippen molar-refractivity contribution < 1.29 is 9.18 Å². The summed E-state index contributed by atoms with van der Waals surface area (Å²) in [5.74, 6) is -0.134. The van der Waals surface area contributed by atoms with Crippen LogP contribution in [-0.4, -0.2) is 43.0 Å². The first-order chi connectivity index (χ1) is 13.6. The second kappa shape index (κ2) is 9.69. The molecule has 2 aromatic rings. The number of amides is 1. The fourth-order valence-corrected chi connectivity index (χ4v) is 3.77. The topological polar surface area (TPSA) is 35.6 Å². The molecule has 1 aliphatic rings. The highest BCUT2D eigenvalue weighted by Crippen LogP contribution is 2.20. The van der Waals surface area contributed by atoms with Crippen LogP contribution in [0.5, 0.6) is 0 Å². The predicted molar refractivity (Wildman–Crippen MR) is 112 cm³/mol. The van der Waals surface area contributed by atoms with E-state index in [0.717, 1.165) is 50.3 Å². The molecule has 1 aliphatic heterocycles. The number of anilines is 1. The molecule has 2 aromatic carbocycles. The van der Waals surface area contributed by atoms with Gasteiger partial charge in [0.1, 0.15) is 5.82 Å². The van der Waals surface area contributed by atoms with Gasteiger partial charge in [-0.2, -0.15) is 0 Å². The monoisotopic (exact) mass is 383 g/mol. The van der Waals surface area contributed by atoms with Crippen LogP contribution >= 0.6 is 0 Å². The Kier molecular flexibility index (Phi) is 7.04. The van der Waals surface area contributed by atoms with Crippen LogP contribution in [0.1, 0.15) is 38.3 Å². The van der Waals surface area contributed by atoms with E-state index in [-0.39, 0.29) is 23.8 Å². The van der Waals surface area contributed by atoms with Gasteiger partial charge in [0, 0.05) is 31.9 Å². The Labute approximate surface area is 167 Å². The summed E-state index contributed by atoms with van der Waals surface area (Å²) in [4.78, 5) is 17.3. The maximum absolute atomic E-state index is 13.1. The zero-order valence-electron chi connectivity index (χ0n) is 16.8. The summed E-state index contributed by atoms with van der Waals surface area (Å²) >= 11 is 0. The van der Waals surface area contributed by atoms with Crippen LogP contribution < -0.4 is 10.2 Å². The molecule has 5 heteroatoms. The van der Waals surface area contributed by atoms with Gasteiger partial charge in [0.05, 0.1) is 12.1 Å². The number of rotatable bonds is 7. The quantitative estimate of drug-likeness (QED) is 0.785. The van der Waals surface area contributed by atoms with Crippen molar-refractivity contribution in [2.45, 2.75) is 38.8 Å².